The van der Waals surface area contributed by atoms with Crippen molar-refractivity contribution in [3.63, 3.8) is 0 Å². The minimum Gasteiger partial charge on any atom is -0.496 e. The summed E-state index contributed by atoms with van der Waals surface area (Å²) in [4.78, 5) is 0. The van der Waals surface area contributed by atoms with Gasteiger partial charge < -0.3 is 10.1 Å². The molecule has 2 rings (SSSR count). The molecule has 0 fully saturated rings. The van der Waals surface area contributed by atoms with E-state index in [0.717, 1.165) is 15.8 Å². The van der Waals surface area contributed by atoms with Gasteiger partial charge in [0, 0.05) is 17.6 Å². The molecule has 0 bridgehead atoms. The summed E-state index contributed by atoms with van der Waals surface area (Å²) >= 11 is 3.44. The highest BCUT2D eigenvalue weighted by Crippen LogP contribution is 2.29. The van der Waals surface area contributed by atoms with Crippen LogP contribution in [-0.4, -0.2) is 7.11 Å². The van der Waals surface area contributed by atoms with Crippen LogP contribution in [0, 0.1) is 11.6 Å². The van der Waals surface area contributed by atoms with E-state index in [4.69, 9.17) is 4.74 Å². The van der Waals surface area contributed by atoms with E-state index in [-0.39, 0.29) is 11.6 Å². The average molecular weight is 370 g/mol. The third-order valence-electron chi connectivity index (χ3n) is 3.61. The zero-order valence-electron chi connectivity index (χ0n) is 12.7. The quantitative estimate of drug-likeness (QED) is 0.786. The first kappa shape index (κ1) is 16.9. The molecule has 0 heterocycles. The van der Waals surface area contributed by atoms with Crippen LogP contribution in [0.5, 0.6) is 5.75 Å². The fourth-order valence-electron chi connectivity index (χ4n) is 2.43. The van der Waals surface area contributed by atoms with E-state index in [1.807, 2.05) is 25.1 Å². The molecule has 0 aliphatic carbocycles. The first-order valence-corrected chi connectivity index (χ1v) is 7.76. The van der Waals surface area contributed by atoms with Crippen LogP contribution in [0.1, 0.15) is 37.1 Å². The lowest BCUT2D eigenvalue weighted by molar-refractivity contribution is 0.411. The van der Waals surface area contributed by atoms with Gasteiger partial charge in [-0.25, -0.2) is 8.78 Å². The number of hydrogen-bond donors (Lipinski definition) is 1. The van der Waals surface area contributed by atoms with Gasteiger partial charge in [0.2, 0.25) is 0 Å². The molecule has 2 aromatic rings. The van der Waals surface area contributed by atoms with Crippen molar-refractivity contribution in [2.75, 3.05) is 7.11 Å². The Morgan fingerprint density at radius 2 is 1.68 bits per heavy atom. The Morgan fingerprint density at radius 1 is 1.05 bits per heavy atom. The van der Waals surface area contributed by atoms with Crippen molar-refractivity contribution in [3.05, 3.63) is 63.6 Å². The van der Waals surface area contributed by atoms with E-state index in [2.05, 4.69) is 21.2 Å². The zero-order chi connectivity index (χ0) is 16.3. The second kappa shape index (κ2) is 7.20. The fraction of sp³-hybridized carbons (Fsp3) is 0.294. The Morgan fingerprint density at radius 3 is 2.23 bits per heavy atom. The van der Waals surface area contributed by atoms with Crippen LogP contribution < -0.4 is 10.1 Å². The number of ether oxygens (including phenoxy) is 1. The van der Waals surface area contributed by atoms with E-state index in [9.17, 15) is 8.78 Å². The Labute approximate surface area is 137 Å². The molecular formula is C17H18BrF2NO. The molecule has 0 saturated carbocycles. The highest BCUT2D eigenvalue weighted by atomic mass is 79.9. The molecule has 0 spiro atoms. The first-order valence-electron chi connectivity index (χ1n) is 6.97. The normalized spacial score (nSPS) is 13.7. The molecule has 2 atom stereocenters. The van der Waals surface area contributed by atoms with Crippen molar-refractivity contribution < 1.29 is 13.5 Å². The number of hydrogen-bond acceptors (Lipinski definition) is 2. The lowest BCUT2D eigenvalue weighted by Crippen LogP contribution is -2.24. The van der Waals surface area contributed by atoms with E-state index in [1.54, 1.807) is 14.0 Å². The van der Waals surface area contributed by atoms with Crippen LogP contribution in [0.15, 0.2) is 40.9 Å². The molecule has 22 heavy (non-hydrogen) atoms. The number of benzene rings is 2. The minimum atomic E-state index is -0.539. The van der Waals surface area contributed by atoms with Gasteiger partial charge in [-0.15, -0.1) is 0 Å². The second-order valence-electron chi connectivity index (χ2n) is 5.14. The van der Waals surface area contributed by atoms with Crippen LogP contribution in [0.4, 0.5) is 8.78 Å². The maximum atomic E-state index is 13.8. The van der Waals surface area contributed by atoms with Crippen molar-refractivity contribution in [2.24, 2.45) is 0 Å². The fourth-order valence-corrected chi connectivity index (χ4v) is 2.99. The maximum absolute atomic E-state index is 13.8. The standard InChI is InChI=1S/C17H18BrF2NO/c1-10(12-7-8-16(22-3)13(18)9-12)21-11(2)17-14(19)5-4-6-15(17)20/h4-11,21H,1-3H3/t10-,11-/m0/s1. The lowest BCUT2D eigenvalue weighted by Gasteiger charge is -2.22. The number of halogens is 3. The molecule has 0 aliphatic rings. The van der Waals surface area contributed by atoms with Gasteiger partial charge in [-0.1, -0.05) is 12.1 Å². The van der Waals surface area contributed by atoms with Gasteiger partial charge in [-0.05, 0) is 59.6 Å². The van der Waals surface area contributed by atoms with E-state index >= 15 is 0 Å². The largest absolute Gasteiger partial charge is 0.496 e. The highest BCUT2D eigenvalue weighted by Gasteiger charge is 2.18. The smallest absolute Gasteiger partial charge is 0.133 e. The summed E-state index contributed by atoms with van der Waals surface area (Å²) in [6.45, 7) is 3.69. The Kier molecular flexibility index (Phi) is 5.53. The van der Waals surface area contributed by atoms with Gasteiger partial charge in [-0.3, -0.25) is 0 Å². The predicted molar refractivity (Wildman–Crippen MR) is 87.0 cm³/mol. The highest BCUT2D eigenvalue weighted by molar-refractivity contribution is 9.10. The molecule has 2 aromatic carbocycles. The Hall–Kier alpha value is -1.46. The third kappa shape index (κ3) is 3.65. The lowest BCUT2D eigenvalue weighted by atomic mass is 10.0. The summed E-state index contributed by atoms with van der Waals surface area (Å²) in [6.07, 6.45) is 0. The Balaban J connectivity index is 2.18. The third-order valence-corrected chi connectivity index (χ3v) is 4.23. The molecule has 0 amide bonds. The van der Waals surface area contributed by atoms with Gasteiger partial charge in [0.1, 0.15) is 17.4 Å². The van der Waals surface area contributed by atoms with Crippen molar-refractivity contribution in [1.82, 2.24) is 5.32 Å². The summed E-state index contributed by atoms with van der Waals surface area (Å²) < 4.78 is 33.7. The minimum absolute atomic E-state index is 0.0573. The zero-order valence-corrected chi connectivity index (χ0v) is 14.2. The topological polar surface area (TPSA) is 21.3 Å². The number of rotatable bonds is 5. The van der Waals surface area contributed by atoms with E-state index < -0.39 is 17.7 Å². The molecule has 0 saturated heterocycles. The van der Waals surface area contributed by atoms with Crippen molar-refractivity contribution in [1.29, 1.82) is 0 Å². The van der Waals surface area contributed by atoms with Crippen molar-refractivity contribution >= 4 is 15.9 Å². The molecule has 0 unspecified atom stereocenters. The van der Waals surface area contributed by atoms with Crippen LogP contribution >= 0.6 is 15.9 Å². The monoisotopic (exact) mass is 369 g/mol. The van der Waals surface area contributed by atoms with Gasteiger partial charge in [0.05, 0.1) is 11.6 Å². The van der Waals surface area contributed by atoms with Crippen LogP contribution in [0.3, 0.4) is 0 Å². The first-order chi connectivity index (χ1) is 10.4. The number of methoxy groups -OCH3 is 1. The molecular weight excluding hydrogens is 352 g/mol. The Bertz CT molecular complexity index is 643. The van der Waals surface area contributed by atoms with Crippen molar-refractivity contribution in [3.8, 4) is 5.75 Å². The van der Waals surface area contributed by atoms with E-state index in [1.165, 1.54) is 18.2 Å². The van der Waals surface area contributed by atoms with Gasteiger partial charge in [0.15, 0.2) is 0 Å². The predicted octanol–water partition coefficient (Wildman–Crippen LogP) is 5.15. The molecule has 5 heteroatoms. The summed E-state index contributed by atoms with van der Waals surface area (Å²) in [5, 5.41) is 3.22. The van der Waals surface area contributed by atoms with Gasteiger partial charge in [-0.2, -0.15) is 0 Å². The van der Waals surface area contributed by atoms with Gasteiger partial charge >= 0.3 is 0 Å². The van der Waals surface area contributed by atoms with Crippen molar-refractivity contribution in [2.45, 2.75) is 25.9 Å². The second-order valence-corrected chi connectivity index (χ2v) is 5.99. The molecule has 0 aromatic heterocycles. The van der Waals surface area contributed by atoms with Gasteiger partial charge in [0.25, 0.3) is 0 Å². The molecule has 118 valence electrons. The average Bonchev–Trinajstić information content (AvgIpc) is 2.46. The maximum Gasteiger partial charge on any atom is 0.133 e. The van der Waals surface area contributed by atoms with Crippen LogP contribution in [-0.2, 0) is 0 Å². The molecule has 0 radical (unpaired) electrons. The van der Waals surface area contributed by atoms with Crippen LogP contribution in [0.2, 0.25) is 0 Å². The summed E-state index contributed by atoms with van der Waals surface area (Å²) in [5.41, 5.74) is 1.05. The summed E-state index contributed by atoms with van der Waals surface area (Å²) in [6, 6.07) is 9.09. The summed E-state index contributed by atoms with van der Waals surface area (Å²) in [7, 11) is 1.60. The molecule has 1 N–H and O–H groups in total. The SMILES string of the molecule is COc1ccc([C@H](C)N[C@@H](C)c2c(F)cccc2F)cc1Br. The summed E-state index contributed by atoms with van der Waals surface area (Å²) in [5.74, 6) is -0.338. The number of nitrogens with one attached hydrogen (secondary N) is 1. The molecule has 2 nitrogen and oxygen atoms in total. The molecule has 0 aliphatic heterocycles. The van der Waals surface area contributed by atoms with E-state index in [0.29, 0.717) is 0 Å². The van der Waals surface area contributed by atoms with Crippen LogP contribution in [0.25, 0.3) is 0 Å².